The molecule has 0 atom stereocenters. The second kappa shape index (κ2) is 11.7. The molecule has 234 valence electrons. The van der Waals surface area contributed by atoms with E-state index in [9.17, 15) is 0 Å². The number of hydrogen-bond acceptors (Lipinski definition) is 2. The van der Waals surface area contributed by atoms with Gasteiger partial charge in [-0.2, -0.15) is 0 Å². The van der Waals surface area contributed by atoms with Crippen LogP contribution in [-0.2, 0) is 0 Å². The Balaban J connectivity index is 1.19. The van der Waals surface area contributed by atoms with Gasteiger partial charge in [0.1, 0.15) is 0 Å². The molecule has 1 nitrogen and oxygen atoms in total. The maximum absolute atomic E-state index is 2.43. The number of thiophene rings is 1. The lowest BCUT2D eigenvalue weighted by Gasteiger charge is -2.27. The van der Waals surface area contributed by atoms with E-state index in [0.717, 1.165) is 11.4 Å². The highest BCUT2D eigenvalue weighted by molar-refractivity contribution is 7.26. The molecule has 0 saturated heterocycles. The smallest absolute Gasteiger partial charge is 0.0540 e. The highest BCUT2D eigenvalue weighted by Gasteiger charge is 2.19. The molecular weight excluding hydrogens is 623 g/mol. The largest absolute Gasteiger partial charge is 0.310 e. The molecule has 0 unspecified atom stereocenters. The number of rotatable bonds is 5. The molecule has 0 aliphatic carbocycles. The fraction of sp³-hybridized carbons (Fsp3) is 0. The zero-order valence-electron chi connectivity index (χ0n) is 27.3. The summed E-state index contributed by atoms with van der Waals surface area (Å²) in [6, 6.07) is 68.6. The van der Waals surface area contributed by atoms with Gasteiger partial charge in [0.05, 0.1) is 5.69 Å². The van der Waals surface area contributed by atoms with E-state index in [1.54, 1.807) is 0 Å². The Bertz CT molecular complexity index is 2860. The summed E-state index contributed by atoms with van der Waals surface area (Å²) in [5.41, 5.74) is 8.43. The summed E-state index contributed by atoms with van der Waals surface area (Å²) in [6.07, 6.45) is 0. The summed E-state index contributed by atoms with van der Waals surface area (Å²) in [5, 5.41) is 10.2. The quantitative estimate of drug-likeness (QED) is 0.179. The average molecular weight is 654 g/mol. The van der Waals surface area contributed by atoms with Gasteiger partial charge in [-0.15, -0.1) is 11.3 Å². The first-order chi connectivity index (χ1) is 24.8. The molecule has 0 radical (unpaired) electrons. The molecule has 0 fully saturated rings. The maximum atomic E-state index is 2.43. The molecule has 10 aromatic rings. The number of anilines is 3. The standard InChI is InChI=1S/C48H31NS/c1-2-12-32(13-3-1)33-24-26-36(27-25-33)49(46-23-11-17-35-15-5-7-19-39(35)46)37-28-29-42-45-31-44(40-22-10-16-34-14-4-6-18-38(34)40)41-20-8-9-21-43(41)48(45)50-47(42)30-37/h1-31H. The fourth-order valence-corrected chi connectivity index (χ4v) is 8.93. The Kier molecular flexibility index (Phi) is 6.75. The van der Waals surface area contributed by atoms with Crippen molar-refractivity contribution in [2.75, 3.05) is 4.90 Å². The van der Waals surface area contributed by atoms with Crippen LogP contribution in [0.3, 0.4) is 0 Å². The van der Waals surface area contributed by atoms with Crippen molar-refractivity contribution >= 4 is 80.9 Å². The van der Waals surface area contributed by atoms with E-state index in [1.165, 1.54) is 80.4 Å². The third-order valence-corrected chi connectivity index (χ3v) is 11.2. The Morgan fingerprint density at radius 2 is 0.940 bits per heavy atom. The molecule has 9 aromatic carbocycles. The van der Waals surface area contributed by atoms with Crippen molar-refractivity contribution < 1.29 is 0 Å². The molecular formula is C48H31NS. The maximum Gasteiger partial charge on any atom is 0.0540 e. The first kappa shape index (κ1) is 28.8. The van der Waals surface area contributed by atoms with E-state index in [0.29, 0.717) is 0 Å². The van der Waals surface area contributed by atoms with E-state index in [1.807, 2.05) is 11.3 Å². The molecule has 0 amide bonds. The molecule has 0 saturated carbocycles. The number of fused-ring (bicyclic) bond motifs is 7. The molecule has 10 rings (SSSR count). The molecule has 0 aliphatic rings. The number of nitrogens with zero attached hydrogens (tertiary/aromatic N) is 1. The van der Waals surface area contributed by atoms with Crippen molar-refractivity contribution in [3.63, 3.8) is 0 Å². The van der Waals surface area contributed by atoms with Gasteiger partial charge in [0.15, 0.2) is 0 Å². The van der Waals surface area contributed by atoms with Crippen LogP contribution in [0.15, 0.2) is 188 Å². The summed E-state index contributed by atoms with van der Waals surface area (Å²) in [4.78, 5) is 2.42. The van der Waals surface area contributed by atoms with Crippen molar-refractivity contribution in [1.29, 1.82) is 0 Å². The Labute approximate surface area is 294 Å². The average Bonchev–Trinajstić information content (AvgIpc) is 3.56. The van der Waals surface area contributed by atoms with Gasteiger partial charge in [0, 0.05) is 42.3 Å². The lowest BCUT2D eigenvalue weighted by atomic mass is 9.92. The van der Waals surface area contributed by atoms with Crippen molar-refractivity contribution in [1.82, 2.24) is 0 Å². The van der Waals surface area contributed by atoms with Crippen LogP contribution in [-0.4, -0.2) is 0 Å². The van der Waals surface area contributed by atoms with E-state index < -0.39 is 0 Å². The minimum absolute atomic E-state index is 1.13. The van der Waals surface area contributed by atoms with Crippen LogP contribution in [0.5, 0.6) is 0 Å². The van der Waals surface area contributed by atoms with E-state index in [-0.39, 0.29) is 0 Å². The van der Waals surface area contributed by atoms with Gasteiger partial charge in [0.2, 0.25) is 0 Å². The SMILES string of the molecule is c1ccc(-c2ccc(N(c3ccc4c(c3)sc3c5ccccc5c(-c5cccc6ccccc56)cc43)c3cccc4ccccc34)cc2)cc1. The van der Waals surface area contributed by atoms with E-state index in [4.69, 9.17) is 0 Å². The molecule has 1 heterocycles. The van der Waals surface area contributed by atoms with E-state index in [2.05, 4.69) is 193 Å². The zero-order valence-corrected chi connectivity index (χ0v) is 28.1. The van der Waals surface area contributed by atoms with Crippen LogP contribution in [0.2, 0.25) is 0 Å². The highest BCUT2D eigenvalue weighted by Crippen LogP contribution is 2.46. The van der Waals surface area contributed by atoms with Crippen LogP contribution in [0.25, 0.3) is 74.7 Å². The van der Waals surface area contributed by atoms with Gasteiger partial charge in [-0.1, -0.05) is 152 Å². The second-order valence-electron chi connectivity index (χ2n) is 12.9. The lowest BCUT2D eigenvalue weighted by molar-refractivity contribution is 1.30. The third kappa shape index (κ3) is 4.69. The predicted molar refractivity (Wildman–Crippen MR) is 217 cm³/mol. The van der Waals surface area contributed by atoms with Gasteiger partial charge in [0.25, 0.3) is 0 Å². The van der Waals surface area contributed by atoms with Crippen molar-refractivity contribution in [3.05, 3.63) is 188 Å². The predicted octanol–water partition coefficient (Wildman–Crippen LogP) is 14.3. The van der Waals surface area contributed by atoms with Gasteiger partial charge in [-0.3, -0.25) is 0 Å². The third-order valence-electron chi connectivity index (χ3n) is 10.0. The molecule has 2 heteroatoms. The summed E-state index contributed by atoms with van der Waals surface area (Å²) in [7, 11) is 0. The van der Waals surface area contributed by atoms with Crippen molar-refractivity contribution in [2.24, 2.45) is 0 Å². The Morgan fingerprint density at radius 1 is 0.340 bits per heavy atom. The molecule has 50 heavy (non-hydrogen) atoms. The molecule has 0 spiro atoms. The molecule has 0 aliphatic heterocycles. The first-order valence-electron chi connectivity index (χ1n) is 17.1. The fourth-order valence-electron chi connectivity index (χ4n) is 7.67. The molecule has 0 N–H and O–H groups in total. The minimum Gasteiger partial charge on any atom is -0.310 e. The van der Waals surface area contributed by atoms with Crippen LogP contribution < -0.4 is 4.90 Å². The van der Waals surface area contributed by atoms with Crippen molar-refractivity contribution in [3.8, 4) is 22.3 Å². The summed E-state index contributed by atoms with van der Waals surface area (Å²) in [6.45, 7) is 0. The highest BCUT2D eigenvalue weighted by atomic mass is 32.1. The first-order valence-corrected chi connectivity index (χ1v) is 17.9. The van der Waals surface area contributed by atoms with Crippen LogP contribution in [0, 0.1) is 0 Å². The van der Waals surface area contributed by atoms with Crippen molar-refractivity contribution in [2.45, 2.75) is 0 Å². The van der Waals surface area contributed by atoms with Gasteiger partial charge < -0.3 is 4.90 Å². The summed E-state index contributed by atoms with van der Waals surface area (Å²) < 4.78 is 2.62. The van der Waals surface area contributed by atoms with E-state index >= 15 is 0 Å². The lowest BCUT2D eigenvalue weighted by Crippen LogP contribution is -2.10. The minimum atomic E-state index is 1.13. The summed E-state index contributed by atoms with van der Waals surface area (Å²) in [5.74, 6) is 0. The van der Waals surface area contributed by atoms with Crippen LogP contribution in [0.1, 0.15) is 0 Å². The van der Waals surface area contributed by atoms with Crippen LogP contribution >= 0.6 is 11.3 Å². The molecule has 0 bridgehead atoms. The molecule has 1 aromatic heterocycles. The monoisotopic (exact) mass is 653 g/mol. The van der Waals surface area contributed by atoms with Crippen LogP contribution in [0.4, 0.5) is 17.1 Å². The van der Waals surface area contributed by atoms with Gasteiger partial charge in [-0.05, 0) is 80.2 Å². The Morgan fingerprint density at radius 3 is 1.74 bits per heavy atom. The number of hydrogen-bond donors (Lipinski definition) is 0. The summed E-state index contributed by atoms with van der Waals surface area (Å²) >= 11 is 1.90. The van der Waals surface area contributed by atoms with Gasteiger partial charge >= 0.3 is 0 Å². The Hall–Kier alpha value is -6.22. The second-order valence-corrected chi connectivity index (χ2v) is 14.0. The topological polar surface area (TPSA) is 3.24 Å². The number of benzene rings is 9. The normalized spacial score (nSPS) is 11.6. The zero-order chi connectivity index (χ0) is 33.0. The van der Waals surface area contributed by atoms with Gasteiger partial charge in [-0.25, -0.2) is 0 Å².